The van der Waals surface area contributed by atoms with E-state index < -0.39 is 0 Å². The smallest absolute Gasteiger partial charge is 0.321 e. The molecule has 1 heterocycles. The van der Waals surface area contributed by atoms with Crippen molar-refractivity contribution in [2.45, 2.75) is 27.2 Å². The Kier molecular flexibility index (Phi) is 3.97. The van der Waals surface area contributed by atoms with Gasteiger partial charge in [-0.15, -0.1) is 0 Å². The van der Waals surface area contributed by atoms with Gasteiger partial charge in [-0.3, -0.25) is 0 Å². The molecular weight excluding hydrogens is 226 g/mol. The number of nitrogens with one attached hydrogen (secondary N) is 1. The van der Waals surface area contributed by atoms with Gasteiger partial charge >= 0.3 is 6.01 Å². The molecule has 0 aliphatic rings. The van der Waals surface area contributed by atoms with E-state index in [1.54, 1.807) is 0 Å². The quantitative estimate of drug-likeness (QED) is 0.879. The van der Waals surface area contributed by atoms with Crippen molar-refractivity contribution in [3.05, 3.63) is 41.2 Å². The molecule has 18 heavy (non-hydrogen) atoms. The number of rotatable bonds is 5. The SMILES string of the molecule is Cc1cccc(Cc2noc(NCC(C)C)n2)c1. The van der Waals surface area contributed by atoms with Gasteiger partial charge in [0.05, 0.1) is 0 Å². The first kappa shape index (κ1) is 12.6. The lowest BCUT2D eigenvalue weighted by atomic mass is 10.1. The predicted molar refractivity (Wildman–Crippen MR) is 71.6 cm³/mol. The third-order valence-corrected chi connectivity index (χ3v) is 2.57. The Balaban J connectivity index is 1.98. The molecule has 0 radical (unpaired) electrons. The minimum atomic E-state index is 0.506. The first-order chi connectivity index (χ1) is 8.63. The van der Waals surface area contributed by atoms with Gasteiger partial charge in [-0.25, -0.2) is 0 Å². The van der Waals surface area contributed by atoms with Crippen LogP contribution in [0, 0.1) is 12.8 Å². The second-order valence-electron chi connectivity index (χ2n) is 4.96. The molecule has 0 aliphatic carbocycles. The largest absolute Gasteiger partial charge is 0.338 e. The van der Waals surface area contributed by atoms with E-state index >= 15 is 0 Å². The summed E-state index contributed by atoms with van der Waals surface area (Å²) >= 11 is 0. The lowest BCUT2D eigenvalue weighted by Crippen LogP contribution is -2.08. The summed E-state index contributed by atoms with van der Waals surface area (Å²) in [7, 11) is 0. The van der Waals surface area contributed by atoms with Gasteiger partial charge in [-0.1, -0.05) is 48.8 Å². The third-order valence-electron chi connectivity index (χ3n) is 2.57. The van der Waals surface area contributed by atoms with E-state index in [-0.39, 0.29) is 0 Å². The van der Waals surface area contributed by atoms with Crippen LogP contribution in [0.25, 0.3) is 0 Å². The van der Waals surface area contributed by atoms with Crippen molar-refractivity contribution in [2.75, 3.05) is 11.9 Å². The maximum absolute atomic E-state index is 5.15. The van der Waals surface area contributed by atoms with Crippen molar-refractivity contribution < 1.29 is 4.52 Å². The number of hydrogen-bond acceptors (Lipinski definition) is 4. The Morgan fingerprint density at radius 3 is 2.89 bits per heavy atom. The van der Waals surface area contributed by atoms with Crippen LogP contribution >= 0.6 is 0 Å². The summed E-state index contributed by atoms with van der Waals surface area (Å²) in [5.41, 5.74) is 2.44. The summed E-state index contributed by atoms with van der Waals surface area (Å²) < 4.78 is 5.15. The van der Waals surface area contributed by atoms with Crippen molar-refractivity contribution in [3.63, 3.8) is 0 Å². The molecule has 1 aromatic heterocycles. The van der Waals surface area contributed by atoms with Crippen molar-refractivity contribution in [3.8, 4) is 0 Å². The number of aromatic nitrogens is 2. The van der Waals surface area contributed by atoms with Crippen LogP contribution < -0.4 is 5.32 Å². The molecule has 0 saturated carbocycles. The Hall–Kier alpha value is -1.84. The lowest BCUT2D eigenvalue weighted by Gasteiger charge is -2.02. The molecule has 0 atom stereocenters. The van der Waals surface area contributed by atoms with Gasteiger partial charge in [0, 0.05) is 13.0 Å². The monoisotopic (exact) mass is 245 g/mol. The maximum Gasteiger partial charge on any atom is 0.321 e. The number of anilines is 1. The molecule has 0 saturated heterocycles. The van der Waals surface area contributed by atoms with Crippen molar-refractivity contribution in [1.82, 2.24) is 10.1 Å². The number of aryl methyl sites for hydroxylation is 1. The molecule has 1 aromatic carbocycles. The zero-order valence-corrected chi connectivity index (χ0v) is 11.1. The Bertz CT molecular complexity index is 505. The maximum atomic E-state index is 5.15. The Labute approximate surface area is 107 Å². The highest BCUT2D eigenvalue weighted by Crippen LogP contribution is 2.11. The molecule has 0 bridgehead atoms. The molecular formula is C14H19N3O. The summed E-state index contributed by atoms with van der Waals surface area (Å²) in [6.45, 7) is 7.19. The van der Waals surface area contributed by atoms with Crippen LogP contribution in [-0.2, 0) is 6.42 Å². The normalized spacial score (nSPS) is 10.9. The van der Waals surface area contributed by atoms with E-state index in [0.29, 0.717) is 24.2 Å². The summed E-state index contributed by atoms with van der Waals surface area (Å²) in [6.07, 6.45) is 0.703. The van der Waals surface area contributed by atoms with Crippen LogP contribution in [0.4, 0.5) is 6.01 Å². The average molecular weight is 245 g/mol. The molecule has 0 spiro atoms. The molecule has 4 heteroatoms. The summed E-state index contributed by atoms with van der Waals surface area (Å²) in [5.74, 6) is 1.27. The highest BCUT2D eigenvalue weighted by Gasteiger charge is 2.07. The van der Waals surface area contributed by atoms with Crippen LogP contribution in [0.15, 0.2) is 28.8 Å². The van der Waals surface area contributed by atoms with Crippen molar-refractivity contribution >= 4 is 6.01 Å². The van der Waals surface area contributed by atoms with Gasteiger partial charge in [0.15, 0.2) is 5.82 Å². The van der Waals surface area contributed by atoms with Crippen LogP contribution in [-0.4, -0.2) is 16.7 Å². The molecule has 1 N–H and O–H groups in total. The number of benzene rings is 1. The molecule has 2 aromatic rings. The summed E-state index contributed by atoms with van der Waals surface area (Å²) in [5, 5.41) is 7.09. The Morgan fingerprint density at radius 1 is 1.33 bits per heavy atom. The fraction of sp³-hybridized carbons (Fsp3) is 0.429. The zero-order chi connectivity index (χ0) is 13.0. The third kappa shape index (κ3) is 3.58. The van der Waals surface area contributed by atoms with Gasteiger partial charge in [0.1, 0.15) is 0 Å². The topological polar surface area (TPSA) is 51.0 Å². The standard InChI is InChI=1S/C14H19N3O/c1-10(2)9-15-14-16-13(17-18-14)8-12-6-4-5-11(3)7-12/h4-7,10H,8-9H2,1-3H3,(H,15,16,17). The molecule has 0 amide bonds. The van der Waals surface area contributed by atoms with Crippen molar-refractivity contribution in [1.29, 1.82) is 0 Å². The minimum absolute atomic E-state index is 0.506. The summed E-state index contributed by atoms with van der Waals surface area (Å²) in [6, 6.07) is 8.84. The first-order valence-corrected chi connectivity index (χ1v) is 6.25. The number of nitrogens with zero attached hydrogens (tertiary/aromatic N) is 2. The molecule has 4 nitrogen and oxygen atoms in total. The first-order valence-electron chi connectivity index (χ1n) is 6.25. The van der Waals surface area contributed by atoms with Gasteiger partial charge < -0.3 is 9.84 Å². The predicted octanol–water partition coefficient (Wildman–Crippen LogP) is 3.04. The second-order valence-corrected chi connectivity index (χ2v) is 4.96. The Morgan fingerprint density at radius 2 is 2.17 bits per heavy atom. The number of hydrogen-bond donors (Lipinski definition) is 1. The highest BCUT2D eigenvalue weighted by molar-refractivity contribution is 5.26. The van der Waals surface area contributed by atoms with Crippen LogP contribution in [0.5, 0.6) is 0 Å². The van der Waals surface area contributed by atoms with E-state index in [1.165, 1.54) is 11.1 Å². The van der Waals surface area contributed by atoms with Gasteiger partial charge in [-0.05, 0) is 18.4 Å². The fourth-order valence-electron chi connectivity index (χ4n) is 1.69. The van der Waals surface area contributed by atoms with Crippen molar-refractivity contribution in [2.24, 2.45) is 5.92 Å². The summed E-state index contributed by atoms with van der Waals surface area (Å²) in [4.78, 5) is 4.32. The second kappa shape index (κ2) is 5.67. The zero-order valence-electron chi connectivity index (χ0n) is 11.1. The molecule has 2 rings (SSSR count). The van der Waals surface area contributed by atoms with Crippen LogP contribution in [0.1, 0.15) is 30.8 Å². The van der Waals surface area contributed by atoms with E-state index in [2.05, 4.69) is 54.4 Å². The highest BCUT2D eigenvalue weighted by atomic mass is 16.5. The van der Waals surface area contributed by atoms with E-state index in [9.17, 15) is 0 Å². The fourth-order valence-corrected chi connectivity index (χ4v) is 1.69. The lowest BCUT2D eigenvalue weighted by molar-refractivity contribution is 0.421. The molecule has 0 aliphatic heterocycles. The molecule has 96 valence electrons. The minimum Gasteiger partial charge on any atom is -0.338 e. The van der Waals surface area contributed by atoms with E-state index in [0.717, 1.165) is 6.54 Å². The van der Waals surface area contributed by atoms with Gasteiger partial charge in [-0.2, -0.15) is 4.98 Å². The molecule has 0 fully saturated rings. The average Bonchev–Trinajstić information content (AvgIpc) is 2.74. The van der Waals surface area contributed by atoms with E-state index in [4.69, 9.17) is 4.52 Å². The van der Waals surface area contributed by atoms with Crippen LogP contribution in [0.3, 0.4) is 0 Å². The van der Waals surface area contributed by atoms with E-state index in [1.807, 2.05) is 6.07 Å². The van der Waals surface area contributed by atoms with Gasteiger partial charge in [0.2, 0.25) is 0 Å². The van der Waals surface area contributed by atoms with Gasteiger partial charge in [0.25, 0.3) is 0 Å². The van der Waals surface area contributed by atoms with Crippen LogP contribution in [0.2, 0.25) is 0 Å². The molecule has 0 unspecified atom stereocenters.